The van der Waals surface area contributed by atoms with Crippen LogP contribution >= 0.6 is 15.9 Å². The van der Waals surface area contributed by atoms with E-state index in [9.17, 15) is 13.2 Å². The van der Waals surface area contributed by atoms with Crippen LogP contribution in [0.2, 0.25) is 0 Å². The average molecular weight is 429 g/mol. The minimum atomic E-state index is -4.46. The molecule has 0 aliphatic carbocycles. The molecule has 2 aromatic rings. The average Bonchev–Trinajstić information content (AvgIpc) is 2.98. The molecule has 2 saturated heterocycles. The highest BCUT2D eigenvalue weighted by Crippen LogP contribution is 2.43. The van der Waals surface area contributed by atoms with Gasteiger partial charge >= 0.3 is 6.18 Å². The maximum absolute atomic E-state index is 13.0. The molecule has 0 aromatic carbocycles. The molecule has 10 heteroatoms. The summed E-state index contributed by atoms with van der Waals surface area (Å²) in [5, 5.41) is 0. The second-order valence-corrected chi connectivity index (χ2v) is 7.70. The van der Waals surface area contributed by atoms with Crippen LogP contribution in [0.15, 0.2) is 23.1 Å². The monoisotopic (exact) mass is 428 g/mol. The molecule has 0 bridgehead atoms. The zero-order valence-corrected chi connectivity index (χ0v) is 15.5. The van der Waals surface area contributed by atoms with Crippen molar-refractivity contribution in [1.82, 2.24) is 19.9 Å². The third-order valence-electron chi connectivity index (χ3n) is 4.85. The normalized spacial score (nSPS) is 19.1. The maximum Gasteiger partial charge on any atom is 0.433 e. The number of halogens is 4. The topological polar surface area (TPSA) is 58.0 Å². The lowest BCUT2D eigenvalue weighted by atomic mass is 9.79. The Bertz CT molecular complexity index is 837. The lowest BCUT2D eigenvalue weighted by Crippen LogP contribution is -2.58. The molecule has 0 saturated carbocycles. The smallest absolute Gasteiger partial charge is 0.355 e. The largest absolute Gasteiger partial charge is 0.433 e. The second kappa shape index (κ2) is 6.04. The van der Waals surface area contributed by atoms with E-state index in [0.29, 0.717) is 23.5 Å². The van der Waals surface area contributed by atoms with Crippen molar-refractivity contribution in [3.05, 3.63) is 34.6 Å². The van der Waals surface area contributed by atoms with E-state index in [1.807, 2.05) is 4.90 Å². The molecule has 0 radical (unpaired) electrons. The van der Waals surface area contributed by atoms with Crippen molar-refractivity contribution >= 4 is 27.6 Å². The van der Waals surface area contributed by atoms with Gasteiger partial charge in [-0.15, -0.1) is 0 Å². The van der Waals surface area contributed by atoms with E-state index >= 15 is 0 Å². The number of hydrogen-bond donors (Lipinski definition) is 0. The van der Waals surface area contributed by atoms with Crippen LogP contribution in [0, 0.1) is 12.3 Å². The second-order valence-electron chi connectivity index (χ2n) is 6.88. The zero-order valence-electron chi connectivity index (χ0n) is 14.0. The molecule has 0 unspecified atom stereocenters. The Kier molecular flexibility index (Phi) is 4.05. The maximum atomic E-state index is 13.0. The van der Waals surface area contributed by atoms with Gasteiger partial charge < -0.3 is 9.80 Å². The van der Waals surface area contributed by atoms with Crippen LogP contribution < -0.4 is 9.80 Å². The van der Waals surface area contributed by atoms with Gasteiger partial charge in [-0.25, -0.2) is 15.0 Å². The first-order chi connectivity index (χ1) is 12.2. The first kappa shape index (κ1) is 17.4. The Labute approximate surface area is 156 Å². The van der Waals surface area contributed by atoms with Gasteiger partial charge in [-0.05, 0) is 29.3 Å². The van der Waals surface area contributed by atoms with Gasteiger partial charge in [-0.2, -0.15) is 13.2 Å². The first-order valence-electron chi connectivity index (χ1n) is 8.15. The number of aromatic nitrogens is 4. The fourth-order valence-corrected chi connectivity index (χ4v) is 3.96. The van der Waals surface area contributed by atoms with Gasteiger partial charge in [0.25, 0.3) is 0 Å². The van der Waals surface area contributed by atoms with Crippen LogP contribution in [0.25, 0.3) is 0 Å². The molecule has 0 amide bonds. The third kappa shape index (κ3) is 3.22. The fraction of sp³-hybridized carbons (Fsp3) is 0.500. The summed E-state index contributed by atoms with van der Waals surface area (Å²) in [5.41, 5.74) is -0.834. The van der Waals surface area contributed by atoms with E-state index in [2.05, 4.69) is 40.8 Å². The number of rotatable bonds is 2. The molecule has 2 fully saturated rings. The van der Waals surface area contributed by atoms with Crippen LogP contribution in [0.5, 0.6) is 0 Å². The summed E-state index contributed by atoms with van der Waals surface area (Å²) < 4.78 is 39.6. The van der Waals surface area contributed by atoms with Crippen molar-refractivity contribution < 1.29 is 13.2 Å². The van der Waals surface area contributed by atoms with Crippen molar-refractivity contribution in [3.8, 4) is 0 Å². The van der Waals surface area contributed by atoms with E-state index in [4.69, 9.17) is 0 Å². The Morgan fingerprint density at radius 3 is 2.46 bits per heavy atom. The minimum Gasteiger partial charge on any atom is -0.355 e. The Morgan fingerprint density at radius 1 is 1.04 bits per heavy atom. The van der Waals surface area contributed by atoms with Crippen LogP contribution in [0.1, 0.15) is 17.9 Å². The van der Waals surface area contributed by atoms with E-state index in [0.717, 1.165) is 31.4 Å². The summed E-state index contributed by atoms with van der Waals surface area (Å²) >= 11 is 3.32. The lowest BCUT2D eigenvalue weighted by Gasteiger charge is -2.48. The standard InChI is InChI=1S/C16H16BrF3N6/c1-10-22-11(16(18,19)20)4-13(23-10)26-8-15(9-26)2-3-25(7-15)14-6-21-5-12(17)24-14/h4-6H,2-3,7-9H2,1H3. The van der Waals surface area contributed by atoms with Gasteiger partial charge in [0, 0.05) is 37.7 Å². The summed E-state index contributed by atoms with van der Waals surface area (Å²) in [6.45, 7) is 4.51. The van der Waals surface area contributed by atoms with Gasteiger partial charge in [0.15, 0.2) is 0 Å². The predicted molar refractivity (Wildman–Crippen MR) is 93.0 cm³/mol. The molecular weight excluding hydrogens is 413 g/mol. The third-order valence-corrected chi connectivity index (χ3v) is 5.23. The highest BCUT2D eigenvalue weighted by molar-refractivity contribution is 9.10. The van der Waals surface area contributed by atoms with Crippen LogP contribution in [-0.4, -0.2) is 46.1 Å². The Balaban J connectivity index is 1.47. The number of anilines is 2. The van der Waals surface area contributed by atoms with Crippen LogP contribution in [0.3, 0.4) is 0 Å². The Hall–Kier alpha value is -1.97. The zero-order chi connectivity index (χ0) is 18.5. The highest BCUT2D eigenvalue weighted by Gasteiger charge is 2.49. The van der Waals surface area contributed by atoms with Crippen LogP contribution in [0.4, 0.5) is 24.8 Å². The summed E-state index contributed by atoms with van der Waals surface area (Å²) in [7, 11) is 0. The van der Waals surface area contributed by atoms with Gasteiger partial charge in [-0.3, -0.25) is 4.98 Å². The van der Waals surface area contributed by atoms with Gasteiger partial charge in [0.2, 0.25) is 0 Å². The molecule has 4 rings (SSSR count). The van der Waals surface area contributed by atoms with E-state index in [-0.39, 0.29) is 11.2 Å². The van der Waals surface area contributed by atoms with Gasteiger partial charge in [-0.1, -0.05) is 0 Å². The quantitative estimate of drug-likeness (QED) is 0.732. The van der Waals surface area contributed by atoms with Crippen molar-refractivity contribution in [2.24, 2.45) is 5.41 Å². The molecule has 2 aliphatic rings. The highest BCUT2D eigenvalue weighted by atomic mass is 79.9. The van der Waals surface area contributed by atoms with Crippen molar-refractivity contribution in [3.63, 3.8) is 0 Å². The fourth-order valence-electron chi connectivity index (χ4n) is 3.66. The number of nitrogens with zero attached hydrogens (tertiary/aromatic N) is 6. The molecule has 0 N–H and O–H groups in total. The molecule has 4 heterocycles. The summed E-state index contributed by atoms with van der Waals surface area (Å²) in [5.74, 6) is 1.29. The SMILES string of the molecule is Cc1nc(N2CC3(CCN(c4cncc(Br)n4)C3)C2)cc(C(F)(F)F)n1. The molecule has 0 atom stereocenters. The van der Waals surface area contributed by atoms with Crippen molar-refractivity contribution in [2.45, 2.75) is 19.5 Å². The molecule has 2 aliphatic heterocycles. The molecule has 1 spiro atoms. The lowest BCUT2D eigenvalue weighted by molar-refractivity contribution is -0.141. The van der Waals surface area contributed by atoms with E-state index in [1.165, 1.54) is 6.92 Å². The van der Waals surface area contributed by atoms with Crippen molar-refractivity contribution in [2.75, 3.05) is 36.0 Å². The predicted octanol–water partition coefficient (Wildman–Crippen LogP) is 3.07. The van der Waals surface area contributed by atoms with E-state index in [1.54, 1.807) is 12.4 Å². The summed E-state index contributed by atoms with van der Waals surface area (Å²) in [6.07, 6.45) is -0.137. The van der Waals surface area contributed by atoms with E-state index < -0.39 is 11.9 Å². The molecule has 2 aromatic heterocycles. The first-order valence-corrected chi connectivity index (χ1v) is 8.94. The number of hydrogen-bond acceptors (Lipinski definition) is 6. The van der Waals surface area contributed by atoms with Crippen molar-refractivity contribution in [1.29, 1.82) is 0 Å². The van der Waals surface area contributed by atoms with Gasteiger partial charge in [0.1, 0.15) is 27.8 Å². The minimum absolute atomic E-state index is 0.0568. The molecule has 138 valence electrons. The summed E-state index contributed by atoms with van der Waals surface area (Å²) in [6, 6.07) is 1.03. The Morgan fingerprint density at radius 2 is 1.77 bits per heavy atom. The molecule has 26 heavy (non-hydrogen) atoms. The number of alkyl halides is 3. The van der Waals surface area contributed by atoms with Crippen LogP contribution in [-0.2, 0) is 6.18 Å². The molecular formula is C16H16BrF3N6. The van der Waals surface area contributed by atoms with Gasteiger partial charge in [0.05, 0.1) is 12.4 Å². The molecule has 6 nitrogen and oxygen atoms in total. The summed E-state index contributed by atoms with van der Waals surface area (Å²) in [4.78, 5) is 20.3. The number of aryl methyl sites for hydroxylation is 1.